The number of hydrogen-bond acceptors (Lipinski definition) is 3. The number of aromatic amines is 1. The van der Waals surface area contributed by atoms with Gasteiger partial charge >= 0.3 is 0 Å². The Kier molecular flexibility index (Phi) is 5.18. The van der Waals surface area contributed by atoms with E-state index in [-0.39, 0.29) is 11.7 Å². The summed E-state index contributed by atoms with van der Waals surface area (Å²) in [6.07, 6.45) is 4.00. The van der Waals surface area contributed by atoms with Crippen molar-refractivity contribution in [1.29, 1.82) is 0 Å². The zero-order chi connectivity index (χ0) is 17.6. The molecule has 1 aromatic carbocycles. The van der Waals surface area contributed by atoms with Crippen molar-refractivity contribution in [3.8, 4) is 0 Å². The molecule has 6 heteroatoms. The third-order valence-corrected chi connectivity index (χ3v) is 3.98. The van der Waals surface area contributed by atoms with E-state index in [4.69, 9.17) is 0 Å². The second-order valence-electron chi connectivity index (χ2n) is 5.85. The Morgan fingerprint density at radius 3 is 2.64 bits per heavy atom. The second-order valence-corrected chi connectivity index (χ2v) is 5.85. The average molecular weight is 338 g/mol. The number of benzene rings is 1. The highest BCUT2D eigenvalue weighted by Crippen LogP contribution is 2.13. The van der Waals surface area contributed by atoms with Gasteiger partial charge in [-0.3, -0.25) is 14.9 Å². The molecule has 0 atom stereocenters. The van der Waals surface area contributed by atoms with E-state index in [9.17, 15) is 9.18 Å². The lowest BCUT2D eigenvalue weighted by Crippen LogP contribution is -2.33. The normalized spacial score (nSPS) is 10.6. The van der Waals surface area contributed by atoms with E-state index in [0.717, 1.165) is 16.8 Å². The first kappa shape index (κ1) is 16.8. The van der Waals surface area contributed by atoms with E-state index in [0.29, 0.717) is 25.2 Å². The van der Waals surface area contributed by atoms with Crippen LogP contribution in [0.5, 0.6) is 0 Å². The van der Waals surface area contributed by atoms with Gasteiger partial charge in [-0.05, 0) is 42.3 Å². The molecule has 0 aliphatic carbocycles. The van der Waals surface area contributed by atoms with Crippen molar-refractivity contribution in [2.45, 2.75) is 19.9 Å². The standard InChI is InChI=1S/C19H19FN4O/c1-14-12-22-23-18(14)19(25)24(11-9-17-4-2-3-10-21-17)13-15-5-7-16(20)8-6-15/h2-8,10,12H,9,11,13H2,1H3,(H,22,23). The van der Waals surface area contributed by atoms with Crippen LogP contribution in [0.4, 0.5) is 4.39 Å². The maximum absolute atomic E-state index is 13.1. The van der Waals surface area contributed by atoms with Crippen LogP contribution < -0.4 is 0 Å². The minimum absolute atomic E-state index is 0.129. The third-order valence-electron chi connectivity index (χ3n) is 3.98. The fraction of sp³-hybridized carbons (Fsp3) is 0.211. The first-order valence-electron chi connectivity index (χ1n) is 8.07. The molecule has 0 fully saturated rings. The van der Waals surface area contributed by atoms with Gasteiger partial charge in [0, 0.05) is 31.4 Å². The quantitative estimate of drug-likeness (QED) is 0.751. The summed E-state index contributed by atoms with van der Waals surface area (Å²) in [5, 5.41) is 6.69. The van der Waals surface area contributed by atoms with Crippen molar-refractivity contribution in [1.82, 2.24) is 20.1 Å². The van der Waals surface area contributed by atoms with Gasteiger partial charge in [0.2, 0.25) is 0 Å². The Morgan fingerprint density at radius 1 is 1.20 bits per heavy atom. The van der Waals surface area contributed by atoms with Crippen LogP contribution in [0.25, 0.3) is 0 Å². The van der Waals surface area contributed by atoms with E-state index in [1.807, 2.05) is 25.1 Å². The lowest BCUT2D eigenvalue weighted by Gasteiger charge is -2.22. The Labute approximate surface area is 145 Å². The zero-order valence-electron chi connectivity index (χ0n) is 13.9. The number of aromatic nitrogens is 3. The molecule has 3 rings (SSSR count). The first-order chi connectivity index (χ1) is 12.1. The molecular formula is C19H19FN4O. The van der Waals surface area contributed by atoms with Gasteiger partial charge in [0.15, 0.2) is 0 Å². The molecule has 1 amide bonds. The van der Waals surface area contributed by atoms with Crippen LogP contribution in [-0.4, -0.2) is 32.5 Å². The van der Waals surface area contributed by atoms with Crippen LogP contribution in [0.2, 0.25) is 0 Å². The summed E-state index contributed by atoms with van der Waals surface area (Å²) in [5.41, 5.74) is 3.06. The zero-order valence-corrected chi connectivity index (χ0v) is 13.9. The first-order valence-corrected chi connectivity index (χ1v) is 8.07. The number of nitrogens with one attached hydrogen (secondary N) is 1. The number of H-pyrrole nitrogens is 1. The predicted molar refractivity (Wildman–Crippen MR) is 92.4 cm³/mol. The highest BCUT2D eigenvalue weighted by Gasteiger charge is 2.19. The summed E-state index contributed by atoms with van der Waals surface area (Å²) in [5.74, 6) is -0.421. The number of aryl methyl sites for hydroxylation is 1. The summed E-state index contributed by atoms with van der Waals surface area (Å²) in [6, 6.07) is 11.9. The molecule has 0 bridgehead atoms. The summed E-state index contributed by atoms with van der Waals surface area (Å²) >= 11 is 0. The molecule has 25 heavy (non-hydrogen) atoms. The predicted octanol–water partition coefficient (Wildman–Crippen LogP) is 3.14. The molecule has 2 aromatic heterocycles. The lowest BCUT2D eigenvalue weighted by atomic mass is 10.1. The largest absolute Gasteiger partial charge is 0.333 e. The smallest absolute Gasteiger partial charge is 0.272 e. The molecule has 5 nitrogen and oxygen atoms in total. The van der Waals surface area contributed by atoms with Crippen molar-refractivity contribution >= 4 is 5.91 Å². The molecule has 2 heterocycles. The van der Waals surface area contributed by atoms with Crippen LogP contribution in [-0.2, 0) is 13.0 Å². The van der Waals surface area contributed by atoms with E-state index in [1.165, 1.54) is 12.1 Å². The number of nitrogens with zero attached hydrogens (tertiary/aromatic N) is 3. The van der Waals surface area contributed by atoms with Crippen molar-refractivity contribution in [3.05, 3.63) is 83.2 Å². The second kappa shape index (κ2) is 7.70. The highest BCUT2D eigenvalue weighted by molar-refractivity contribution is 5.93. The minimum atomic E-state index is -0.292. The van der Waals surface area contributed by atoms with Gasteiger partial charge in [-0.1, -0.05) is 18.2 Å². The van der Waals surface area contributed by atoms with Crippen molar-refractivity contribution < 1.29 is 9.18 Å². The maximum atomic E-state index is 13.1. The molecule has 0 saturated heterocycles. The van der Waals surface area contributed by atoms with Gasteiger partial charge in [-0.2, -0.15) is 5.10 Å². The third kappa shape index (κ3) is 4.29. The Balaban J connectivity index is 1.78. The van der Waals surface area contributed by atoms with Crippen molar-refractivity contribution in [2.24, 2.45) is 0 Å². The van der Waals surface area contributed by atoms with Gasteiger partial charge in [0.05, 0.1) is 6.20 Å². The molecular weight excluding hydrogens is 319 g/mol. The molecule has 0 unspecified atom stereocenters. The minimum Gasteiger partial charge on any atom is -0.333 e. The Bertz CT molecular complexity index is 830. The van der Waals surface area contributed by atoms with E-state index < -0.39 is 0 Å². The highest BCUT2D eigenvalue weighted by atomic mass is 19.1. The van der Waals surface area contributed by atoms with Crippen LogP contribution in [0.1, 0.15) is 27.3 Å². The summed E-state index contributed by atoms with van der Waals surface area (Å²) in [6.45, 7) is 2.74. The molecule has 0 radical (unpaired) electrons. The maximum Gasteiger partial charge on any atom is 0.272 e. The summed E-state index contributed by atoms with van der Waals surface area (Å²) in [7, 11) is 0. The summed E-state index contributed by atoms with van der Waals surface area (Å²) in [4.78, 5) is 18.9. The molecule has 0 aliphatic heterocycles. The number of carbonyl (C=O) groups is 1. The fourth-order valence-electron chi connectivity index (χ4n) is 2.58. The SMILES string of the molecule is Cc1cn[nH]c1C(=O)N(CCc1ccccn1)Cc1ccc(F)cc1. The van der Waals surface area contributed by atoms with Crippen LogP contribution in [0, 0.1) is 12.7 Å². The van der Waals surface area contributed by atoms with Crippen LogP contribution >= 0.6 is 0 Å². The van der Waals surface area contributed by atoms with Crippen molar-refractivity contribution in [3.63, 3.8) is 0 Å². The fourth-order valence-corrected chi connectivity index (χ4v) is 2.58. The number of halogens is 1. The summed E-state index contributed by atoms with van der Waals surface area (Å²) < 4.78 is 13.1. The lowest BCUT2D eigenvalue weighted by molar-refractivity contribution is 0.0738. The number of hydrogen-bond donors (Lipinski definition) is 1. The molecule has 3 aromatic rings. The van der Waals surface area contributed by atoms with E-state index in [1.54, 1.807) is 29.4 Å². The molecule has 0 saturated carbocycles. The molecule has 0 aliphatic rings. The topological polar surface area (TPSA) is 61.9 Å². The van der Waals surface area contributed by atoms with E-state index in [2.05, 4.69) is 15.2 Å². The molecule has 1 N–H and O–H groups in total. The molecule has 0 spiro atoms. The van der Waals surface area contributed by atoms with Crippen LogP contribution in [0.3, 0.4) is 0 Å². The number of amides is 1. The average Bonchev–Trinajstić information content (AvgIpc) is 3.06. The van der Waals surface area contributed by atoms with Gasteiger partial charge in [-0.15, -0.1) is 0 Å². The van der Waals surface area contributed by atoms with E-state index >= 15 is 0 Å². The monoisotopic (exact) mass is 338 g/mol. The van der Waals surface area contributed by atoms with Gasteiger partial charge in [0.25, 0.3) is 5.91 Å². The van der Waals surface area contributed by atoms with Crippen LogP contribution in [0.15, 0.2) is 54.9 Å². The Hall–Kier alpha value is -3.02. The van der Waals surface area contributed by atoms with Gasteiger partial charge < -0.3 is 4.90 Å². The van der Waals surface area contributed by atoms with Crippen molar-refractivity contribution in [2.75, 3.05) is 6.54 Å². The van der Waals surface area contributed by atoms with Gasteiger partial charge in [0.1, 0.15) is 11.5 Å². The number of pyridine rings is 1. The Morgan fingerprint density at radius 2 is 2.00 bits per heavy atom. The number of rotatable bonds is 6. The van der Waals surface area contributed by atoms with Gasteiger partial charge in [-0.25, -0.2) is 4.39 Å². The number of carbonyl (C=O) groups excluding carboxylic acids is 1. The molecule has 128 valence electrons.